The molecule has 0 aromatic rings. The summed E-state index contributed by atoms with van der Waals surface area (Å²) in [5.74, 6) is -8.01. The number of hydrogen-bond donors (Lipinski definition) is 2. The average Bonchev–Trinajstić information content (AvgIpc) is 2.05. The van der Waals surface area contributed by atoms with E-state index in [4.69, 9.17) is 10.2 Å². The van der Waals surface area contributed by atoms with E-state index in [2.05, 4.69) is 4.74 Å². The van der Waals surface area contributed by atoms with Gasteiger partial charge in [0.25, 0.3) is 0 Å². The molecule has 0 bridgehead atoms. The summed E-state index contributed by atoms with van der Waals surface area (Å²) in [4.78, 5) is 0. The smallest absolute Gasteiger partial charge is 0.339 e. The van der Waals surface area contributed by atoms with Crippen molar-refractivity contribution in [3.63, 3.8) is 0 Å². The number of hydrogen-bond acceptors (Lipinski definition) is 3. The molecule has 1 heterocycles. The van der Waals surface area contributed by atoms with Crippen LogP contribution in [-0.2, 0) is 4.74 Å². The monoisotopic (exact) mass is 162 g/mol. The molecule has 10 heavy (non-hydrogen) atoms. The molecule has 0 unspecified atom stereocenters. The third-order valence-electron chi connectivity index (χ3n) is 1.02. The summed E-state index contributed by atoms with van der Waals surface area (Å²) in [6.45, 7) is 0. The van der Waals surface area contributed by atoms with Gasteiger partial charge in [0.15, 0.2) is 0 Å². The van der Waals surface area contributed by atoms with E-state index in [1.165, 1.54) is 0 Å². The first-order chi connectivity index (χ1) is 4.21. The van der Waals surface area contributed by atoms with E-state index in [1.54, 1.807) is 0 Å². The fraction of sp³-hybridized carbons (Fsp3) is 1.00. The van der Waals surface area contributed by atoms with Crippen molar-refractivity contribution >= 4 is 0 Å². The van der Waals surface area contributed by atoms with Crippen LogP contribution in [0.25, 0.3) is 0 Å². The molecule has 1 fully saturated rings. The number of ether oxygens (including phenoxy) is 1. The number of aliphatic hydroxyl groups is 2. The topological polar surface area (TPSA) is 53.0 Å². The van der Waals surface area contributed by atoms with Crippen molar-refractivity contribution in [2.75, 3.05) is 0 Å². The molecule has 1 aliphatic rings. The number of epoxide rings is 1. The first-order valence-electron chi connectivity index (χ1n) is 2.11. The van der Waals surface area contributed by atoms with E-state index in [-0.39, 0.29) is 0 Å². The van der Waals surface area contributed by atoms with E-state index >= 15 is 0 Å². The van der Waals surface area contributed by atoms with Gasteiger partial charge in [0, 0.05) is 0 Å². The Labute approximate surface area is 51.8 Å². The quantitative estimate of drug-likeness (QED) is 0.296. The lowest BCUT2D eigenvalue weighted by atomic mass is 10.4. The Morgan fingerprint density at radius 3 is 1.50 bits per heavy atom. The van der Waals surface area contributed by atoms with E-state index in [0.29, 0.717) is 0 Å². The SMILES string of the molecule is OC1(O)O[C@]1(F)C(F)(F)F. The van der Waals surface area contributed by atoms with Crippen LogP contribution in [-0.4, -0.2) is 28.2 Å². The summed E-state index contributed by atoms with van der Waals surface area (Å²) < 4.78 is 48.8. The van der Waals surface area contributed by atoms with Crippen molar-refractivity contribution in [1.29, 1.82) is 0 Å². The maximum atomic E-state index is 11.9. The fourth-order valence-corrected chi connectivity index (χ4v) is 0.413. The van der Waals surface area contributed by atoms with Crippen molar-refractivity contribution in [3.05, 3.63) is 0 Å². The van der Waals surface area contributed by atoms with Gasteiger partial charge in [-0.2, -0.15) is 17.6 Å². The largest absolute Gasteiger partial charge is 0.457 e. The third-order valence-corrected chi connectivity index (χ3v) is 1.02. The van der Waals surface area contributed by atoms with E-state index in [1.807, 2.05) is 0 Å². The average molecular weight is 162 g/mol. The van der Waals surface area contributed by atoms with E-state index in [9.17, 15) is 17.6 Å². The van der Waals surface area contributed by atoms with Crippen molar-refractivity contribution in [2.45, 2.75) is 18.0 Å². The highest BCUT2D eigenvalue weighted by Gasteiger charge is 2.86. The molecule has 0 aromatic heterocycles. The molecule has 0 spiro atoms. The molecule has 0 saturated carbocycles. The molecule has 1 atom stereocenters. The van der Waals surface area contributed by atoms with Gasteiger partial charge in [-0.1, -0.05) is 0 Å². The third kappa shape index (κ3) is 0.710. The highest BCUT2D eigenvalue weighted by atomic mass is 19.4. The summed E-state index contributed by atoms with van der Waals surface area (Å²) in [5, 5.41) is 15.8. The molecule has 0 amide bonds. The zero-order chi connectivity index (χ0) is 8.21. The Bertz CT molecular complexity index is 164. The Morgan fingerprint density at radius 1 is 1.20 bits per heavy atom. The molecule has 1 rings (SSSR count). The van der Waals surface area contributed by atoms with Crippen LogP contribution in [0.4, 0.5) is 17.6 Å². The maximum absolute atomic E-state index is 11.9. The summed E-state index contributed by atoms with van der Waals surface area (Å²) in [5.41, 5.74) is 0. The van der Waals surface area contributed by atoms with Crippen LogP contribution < -0.4 is 0 Å². The molecule has 0 radical (unpaired) electrons. The molecule has 2 N–H and O–H groups in total. The van der Waals surface area contributed by atoms with Gasteiger partial charge in [-0.05, 0) is 0 Å². The number of rotatable bonds is 0. The second kappa shape index (κ2) is 1.44. The van der Waals surface area contributed by atoms with E-state index < -0.39 is 18.0 Å². The summed E-state index contributed by atoms with van der Waals surface area (Å²) in [6.07, 6.45) is -5.41. The van der Waals surface area contributed by atoms with Crippen LogP contribution in [0.2, 0.25) is 0 Å². The lowest BCUT2D eigenvalue weighted by molar-refractivity contribution is -0.244. The van der Waals surface area contributed by atoms with Crippen LogP contribution in [0.5, 0.6) is 0 Å². The van der Waals surface area contributed by atoms with Gasteiger partial charge >= 0.3 is 18.0 Å². The summed E-state index contributed by atoms with van der Waals surface area (Å²) in [6, 6.07) is 0. The predicted molar refractivity (Wildman–Crippen MR) is 18.1 cm³/mol. The highest BCUT2D eigenvalue weighted by molar-refractivity contribution is 4.98. The number of halogens is 4. The van der Waals surface area contributed by atoms with Gasteiger partial charge in [0.05, 0.1) is 0 Å². The molecular formula is C3H2F4O3. The van der Waals surface area contributed by atoms with E-state index in [0.717, 1.165) is 0 Å². The zero-order valence-electron chi connectivity index (χ0n) is 4.31. The van der Waals surface area contributed by atoms with Gasteiger partial charge in [-0.15, -0.1) is 0 Å². The minimum Gasteiger partial charge on any atom is -0.339 e. The van der Waals surface area contributed by atoms with Crippen LogP contribution in [0.1, 0.15) is 0 Å². The van der Waals surface area contributed by atoms with Crippen molar-refractivity contribution in [1.82, 2.24) is 0 Å². The molecule has 3 nitrogen and oxygen atoms in total. The standard InChI is InChI=1S/C3H2F4O3/c4-1(2(5,6)7)3(8,9)10-1/h8-9H/t1-/m1/s1. The van der Waals surface area contributed by atoms with Gasteiger partial charge in [-0.3, -0.25) is 4.74 Å². The second-order valence-electron chi connectivity index (χ2n) is 1.80. The van der Waals surface area contributed by atoms with Crippen LogP contribution in [0, 0.1) is 0 Å². The van der Waals surface area contributed by atoms with Gasteiger partial charge < -0.3 is 10.2 Å². The molecule has 0 aliphatic carbocycles. The molecule has 7 heteroatoms. The second-order valence-corrected chi connectivity index (χ2v) is 1.80. The lowest BCUT2D eigenvalue weighted by Gasteiger charge is -2.06. The van der Waals surface area contributed by atoms with Gasteiger partial charge in [-0.25, -0.2) is 0 Å². The summed E-state index contributed by atoms with van der Waals surface area (Å²) in [7, 11) is 0. The van der Waals surface area contributed by atoms with Gasteiger partial charge in [0.2, 0.25) is 0 Å². The molecular weight excluding hydrogens is 160 g/mol. The van der Waals surface area contributed by atoms with Crippen molar-refractivity contribution in [3.8, 4) is 0 Å². The van der Waals surface area contributed by atoms with Crippen molar-refractivity contribution in [2.24, 2.45) is 0 Å². The number of alkyl halides is 4. The Morgan fingerprint density at radius 2 is 1.50 bits per heavy atom. The lowest BCUT2D eigenvalue weighted by Crippen LogP contribution is -2.36. The summed E-state index contributed by atoms with van der Waals surface area (Å²) >= 11 is 0. The molecule has 60 valence electrons. The van der Waals surface area contributed by atoms with Gasteiger partial charge in [0.1, 0.15) is 0 Å². The highest BCUT2D eigenvalue weighted by Crippen LogP contribution is 2.55. The Hall–Kier alpha value is -0.400. The first kappa shape index (κ1) is 7.70. The molecule has 1 aliphatic heterocycles. The Kier molecular flexibility index (Phi) is 1.11. The van der Waals surface area contributed by atoms with Crippen molar-refractivity contribution < 1.29 is 32.5 Å². The normalized spacial score (nSPS) is 37.8. The minimum atomic E-state index is -5.41. The fourth-order valence-electron chi connectivity index (χ4n) is 0.413. The molecule has 0 aromatic carbocycles. The van der Waals surface area contributed by atoms with Crippen LogP contribution in [0.3, 0.4) is 0 Å². The Balaban J connectivity index is 2.78. The zero-order valence-corrected chi connectivity index (χ0v) is 4.31. The van der Waals surface area contributed by atoms with Crippen LogP contribution in [0.15, 0.2) is 0 Å². The van der Waals surface area contributed by atoms with Crippen LogP contribution >= 0.6 is 0 Å². The first-order valence-corrected chi connectivity index (χ1v) is 2.11. The maximum Gasteiger partial charge on any atom is 0.457 e. The molecule has 1 saturated heterocycles. The minimum absolute atomic E-state index is 2.98. The predicted octanol–water partition coefficient (Wildman–Crippen LogP) is -0.117.